The highest BCUT2D eigenvalue weighted by Gasteiger charge is 2.27. The van der Waals surface area contributed by atoms with E-state index in [0.29, 0.717) is 13.1 Å². The molecule has 20 heavy (non-hydrogen) atoms. The molecule has 0 radical (unpaired) electrons. The van der Waals surface area contributed by atoms with E-state index in [-0.39, 0.29) is 11.5 Å². The number of H-pyrrole nitrogens is 1. The summed E-state index contributed by atoms with van der Waals surface area (Å²) in [6.07, 6.45) is 0.736. The Bertz CT molecular complexity index is 684. The number of nitrogens with zero attached hydrogens (tertiary/aromatic N) is 1. The van der Waals surface area contributed by atoms with Gasteiger partial charge >= 0.3 is 0 Å². The van der Waals surface area contributed by atoms with Gasteiger partial charge in [0.2, 0.25) is 0 Å². The number of amides is 1. The summed E-state index contributed by atoms with van der Waals surface area (Å²) in [4.78, 5) is 17.3. The number of halogens is 3. The Kier molecular flexibility index (Phi) is 3.69. The number of aromatic amines is 1. The standard InChI is InChI=1S/C14H11Br2FN2O/c15-12-9-7-19(6-5-11(9)18-13(12)16)14(20)8-3-1-2-4-10(8)17/h1-4,18H,5-7H2. The molecule has 104 valence electrons. The van der Waals surface area contributed by atoms with Crippen LogP contribution in [0.5, 0.6) is 0 Å². The second-order valence-electron chi connectivity index (χ2n) is 4.67. The Morgan fingerprint density at radius 1 is 1.30 bits per heavy atom. The van der Waals surface area contributed by atoms with E-state index in [1.165, 1.54) is 12.1 Å². The lowest BCUT2D eigenvalue weighted by Crippen LogP contribution is -2.36. The Morgan fingerprint density at radius 3 is 2.80 bits per heavy atom. The van der Waals surface area contributed by atoms with E-state index < -0.39 is 5.82 Å². The van der Waals surface area contributed by atoms with Crippen molar-refractivity contribution in [1.82, 2.24) is 9.88 Å². The maximum Gasteiger partial charge on any atom is 0.257 e. The van der Waals surface area contributed by atoms with E-state index in [0.717, 1.165) is 26.8 Å². The Labute approximate surface area is 132 Å². The van der Waals surface area contributed by atoms with E-state index in [4.69, 9.17) is 0 Å². The lowest BCUT2D eigenvalue weighted by Gasteiger charge is -2.27. The summed E-state index contributed by atoms with van der Waals surface area (Å²) in [6.45, 7) is 1.06. The fraction of sp³-hybridized carbons (Fsp3) is 0.214. The van der Waals surface area contributed by atoms with Crippen molar-refractivity contribution in [2.24, 2.45) is 0 Å². The molecule has 0 atom stereocenters. The summed E-state index contributed by atoms with van der Waals surface area (Å²) in [7, 11) is 0. The molecule has 3 rings (SSSR count). The molecule has 0 saturated carbocycles. The van der Waals surface area contributed by atoms with Crippen molar-refractivity contribution in [3.63, 3.8) is 0 Å². The molecule has 1 aromatic heterocycles. The van der Waals surface area contributed by atoms with Gasteiger partial charge in [-0.1, -0.05) is 12.1 Å². The van der Waals surface area contributed by atoms with Gasteiger partial charge in [0.25, 0.3) is 5.91 Å². The normalized spacial score (nSPS) is 14.2. The molecule has 0 fully saturated rings. The Hall–Kier alpha value is -1.14. The number of aromatic nitrogens is 1. The summed E-state index contributed by atoms with van der Waals surface area (Å²) in [5.74, 6) is -0.740. The van der Waals surface area contributed by atoms with Crippen LogP contribution in [0.4, 0.5) is 4.39 Å². The molecule has 1 amide bonds. The van der Waals surface area contributed by atoms with E-state index in [1.54, 1.807) is 17.0 Å². The van der Waals surface area contributed by atoms with Crippen molar-refractivity contribution in [2.75, 3.05) is 6.54 Å². The van der Waals surface area contributed by atoms with Crippen molar-refractivity contribution >= 4 is 37.8 Å². The number of hydrogen-bond donors (Lipinski definition) is 1. The number of carbonyl (C=O) groups excluding carboxylic acids is 1. The summed E-state index contributed by atoms with van der Waals surface area (Å²) < 4.78 is 15.5. The zero-order chi connectivity index (χ0) is 14.3. The van der Waals surface area contributed by atoms with Crippen LogP contribution >= 0.6 is 31.9 Å². The van der Waals surface area contributed by atoms with Gasteiger partial charge in [-0.25, -0.2) is 4.39 Å². The van der Waals surface area contributed by atoms with Gasteiger partial charge in [0.15, 0.2) is 0 Å². The molecule has 0 spiro atoms. The van der Waals surface area contributed by atoms with Crippen LogP contribution < -0.4 is 0 Å². The third kappa shape index (κ3) is 2.31. The summed E-state index contributed by atoms with van der Waals surface area (Å²) in [5.41, 5.74) is 2.29. The van der Waals surface area contributed by atoms with Crippen LogP contribution in [0.2, 0.25) is 0 Å². The molecule has 0 bridgehead atoms. The third-order valence-electron chi connectivity index (χ3n) is 3.45. The van der Waals surface area contributed by atoms with Crippen LogP contribution in [0, 0.1) is 5.82 Å². The Morgan fingerprint density at radius 2 is 2.05 bits per heavy atom. The predicted octanol–water partition coefficient (Wildman–Crippen LogP) is 3.88. The topological polar surface area (TPSA) is 36.1 Å². The molecule has 0 saturated heterocycles. The van der Waals surface area contributed by atoms with Gasteiger partial charge in [-0.3, -0.25) is 4.79 Å². The van der Waals surface area contributed by atoms with Crippen LogP contribution in [0.1, 0.15) is 21.6 Å². The van der Waals surface area contributed by atoms with E-state index in [2.05, 4.69) is 36.8 Å². The van der Waals surface area contributed by atoms with Crippen LogP contribution in [-0.2, 0) is 13.0 Å². The molecule has 1 aromatic carbocycles. The predicted molar refractivity (Wildman–Crippen MR) is 81.0 cm³/mol. The van der Waals surface area contributed by atoms with Crippen molar-refractivity contribution in [2.45, 2.75) is 13.0 Å². The zero-order valence-corrected chi connectivity index (χ0v) is 13.6. The molecule has 0 unspecified atom stereocenters. The minimum Gasteiger partial charge on any atom is -0.352 e. The van der Waals surface area contributed by atoms with Crippen LogP contribution in [0.3, 0.4) is 0 Å². The van der Waals surface area contributed by atoms with Gasteiger partial charge in [0, 0.05) is 30.8 Å². The van der Waals surface area contributed by atoms with Crippen molar-refractivity contribution in [1.29, 1.82) is 0 Å². The van der Waals surface area contributed by atoms with Crippen LogP contribution in [0.25, 0.3) is 0 Å². The molecule has 2 heterocycles. The molecule has 1 aliphatic heterocycles. The number of hydrogen-bond acceptors (Lipinski definition) is 1. The van der Waals surface area contributed by atoms with Crippen molar-refractivity contribution < 1.29 is 9.18 Å². The Balaban J connectivity index is 1.89. The van der Waals surface area contributed by atoms with E-state index in [9.17, 15) is 9.18 Å². The second-order valence-corrected chi connectivity index (χ2v) is 6.25. The smallest absolute Gasteiger partial charge is 0.257 e. The minimum absolute atomic E-state index is 0.127. The number of rotatable bonds is 1. The molecular formula is C14H11Br2FN2O. The first-order valence-corrected chi connectivity index (χ1v) is 7.75. The molecule has 6 heteroatoms. The third-order valence-corrected chi connectivity index (χ3v) is 5.46. The summed E-state index contributed by atoms with van der Waals surface area (Å²) in [5, 5.41) is 0. The maximum atomic E-state index is 13.7. The number of benzene rings is 1. The minimum atomic E-state index is -0.474. The lowest BCUT2D eigenvalue weighted by atomic mass is 10.1. The molecule has 1 aliphatic rings. The fourth-order valence-electron chi connectivity index (χ4n) is 2.40. The van der Waals surface area contributed by atoms with Gasteiger partial charge < -0.3 is 9.88 Å². The van der Waals surface area contributed by atoms with Gasteiger partial charge in [-0.15, -0.1) is 0 Å². The first-order valence-electron chi connectivity index (χ1n) is 6.16. The van der Waals surface area contributed by atoms with Crippen molar-refractivity contribution in [3.8, 4) is 0 Å². The van der Waals surface area contributed by atoms with Gasteiger partial charge in [0.05, 0.1) is 14.6 Å². The first-order chi connectivity index (χ1) is 9.58. The van der Waals surface area contributed by atoms with Gasteiger partial charge in [-0.2, -0.15) is 0 Å². The molecule has 0 aliphatic carbocycles. The largest absolute Gasteiger partial charge is 0.352 e. The first kappa shape index (κ1) is 13.8. The number of nitrogens with one attached hydrogen (secondary N) is 1. The monoisotopic (exact) mass is 400 g/mol. The molecular weight excluding hydrogens is 391 g/mol. The van der Waals surface area contributed by atoms with Crippen molar-refractivity contribution in [3.05, 3.63) is 56.0 Å². The SMILES string of the molecule is O=C(c1ccccc1F)N1CCc2[nH]c(Br)c(Br)c2C1. The zero-order valence-electron chi connectivity index (χ0n) is 10.4. The lowest BCUT2D eigenvalue weighted by molar-refractivity contribution is 0.0729. The fourth-order valence-corrected chi connectivity index (χ4v) is 3.34. The van der Waals surface area contributed by atoms with Crippen LogP contribution in [-0.4, -0.2) is 22.3 Å². The second kappa shape index (κ2) is 5.33. The van der Waals surface area contributed by atoms with Crippen LogP contribution in [0.15, 0.2) is 33.3 Å². The van der Waals surface area contributed by atoms with Gasteiger partial charge in [0.1, 0.15) is 5.82 Å². The highest BCUT2D eigenvalue weighted by atomic mass is 79.9. The average Bonchev–Trinajstić information content (AvgIpc) is 2.74. The highest BCUT2D eigenvalue weighted by molar-refractivity contribution is 9.13. The maximum absolute atomic E-state index is 13.7. The molecule has 1 N–H and O–H groups in total. The average molecular weight is 402 g/mol. The van der Waals surface area contributed by atoms with E-state index in [1.807, 2.05) is 0 Å². The highest BCUT2D eigenvalue weighted by Crippen LogP contribution is 2.33. The molecule has 3 nitrogen and oxygen atoms in total. The number of fused-ring (bicyclic) bond motifs is 1. The number of carbonyl (C=O) groups is 1. The molecule has 2 aromatic rings. The van der Waals surface area contributed by atoms with E-state index >= 15 is 0 Å². The summed E-state index contributed by atoms with van der Waals surface area (Å²) in [6, 6.07) is 6.09. The summed E-state index contributed by atoms with van der Waals surface area (Å²) >= 11 is 6.92. The van der Waals surface area contributed by atoms with Gasteiger partial charge in [-0.05, 0) is 44.0 Å². The quantitative estimate of drug-likeness (QED) is 0.773.